The van der Waals surface area contributed by atoms with Crippen molar-refractivity contribution in [2.75, 3.05) is 12.3 Å². The lowest BCUT2D eigenvalue weighted by Gasteiger charge is -2.21. The number of nitrogen functional groups attached to an aromatic ring is 1. The standard InChI is InChI=1S/C12H17N5O12P2/c1-4(18)27-8-7(19)5(2-26-31(24,25)29-30(21,22)23)28-11(8)17-3-14-6-9(17)15-12(13)16-10(6)20/h3,5,7-8,11,19H,2H2,1H3,(H,24,25)(H2,21,22,23)(H3,13,15,16,20)/t5-,7?,8+,11-/m1/s1. The number of aromatic nitrogens is 4. The Balaban J connectivity index is 1.89. The van der Waals surface area contributed by atoms with E-state index in [9.17, 15) is 28.7 Å². The monoisotopic (exact) mass is 485 g/mol. The smallest absolute Gasteiger partial charge is 0.455 e. The number of aromatic amines is 1. The molecule has 1 aliphatic rings. The van der Waals surface area contributed by atoms with Crippen molar-refractivity contribution in [3.8, 4) is 0 Å². The van der Waals surface area contributed by atoms with Gasteiger partial charge in [0.2, 0.25) is 5.95 Å². The second kappa shape index (κ2) is 8.38. The molecule has 0 spiro atoms. The second-order valence-electron chi connectivity index (χ2n) is 6.24. The molecule has 0 radical (unpaired) electrons. The fourth-order valence-corrected chi connectivity index (χ4v) is 4.45. The number of phosphoric acid groups is 2. The van der Waals surface area contributed by atoms with Gasteiger partial charge < -0.3 is 35.0 Å². The zero-order valence-electron chi connectivity index (χ0n) is 15.5. The van der Waals surface area contributed by atoms with Crippen molar-refractivity contribution >= 4 is 38.7 Å². The largest absolute Gasteiger partial charge is 0.481 e. The first-order valence-corrected chi connectivity index (χ1v) is 11.3. The molecule has 0 aliphatic carbocycles. The van der Waals surface area contributed by atoms with Gasteiger partial charge in [0, 0.05) is 6.92 Å². The summed E-state index contributed by atoms with van der Waals surface area (Å²) in [6.45, 7) is 0.155. The number of anilines is 1. The van der Waals surface area contributed by atoms with Crippen molar-refractivity contribution < 1.29 is 52.0 Å². The fraction of sp³-hybridized carbons (Fsp3) is 0.500. The highest BCUT2D eigenvalue weighted by Crippen LogP contribution is 2.57. The molecule has 2 aromatic rings. The predicted molar refractivity (Wildman–Crippen MR) is 96.9 cm³/mol. The molecule has 17 nitrogen and oxygen atoms in total. The number of phosphoric ester groups is 1. The highest BCUT2D eigenvalue weighted by molar-refractivity contribution is 7.60. The Morgan fingerprint density at radius 1 is 1.39 bits per heavy atom. The Kier molecular flexibility index (Phi) is 6.35. The van der Waals surface area contributed by atoms with E-state index in [0.717, 1.165) is 17.8 Å². The van der Waals surface area contributed by atoms with Crippen LogP contribution in [0.4, 0.5) is 5.95 Å². The number of nitrogens with two attached hydrogens (primary N) is 1. The molecule has 0 aromatic carbocycles. The average Bonchev–Trinajstić information content (AvgIpc) is 3.13. The first-order valence-electron chi connectivity index (χ1n) is 8.25. The van der Waals surface area contributed by atoms with E-state index in [1.165, 1.54) is 0 Å². The molecule has 2 aromatic heterocycles. The van der Waals surface area contributed by atoms with Gasteiger partial charge in [0.05, 0.1) is 12.9 Å². The summed E-state index contributed by atoms with van der Waals surface area (Å²) in [7, 11) is -10.6. The highest BCUT2D eigenvalue weighted by Gasteiger charge is 2.48. The van der Waals surface area contributed by atoms with Gasteiger partial charge in [0.15, 0.2) is 23.5 Å². The van der Waals surface area contributed by atoms with E-state index in [1.807, 2.05) is 0 Å². The summed E-state index contributed by atoms with van der Waals surface area (Å²) in [6, 6.07) is 0. The number of ether oxygens (including phenoxy) is 2. The van der Waals surface area contributed by atoms with Crippen LogP contribution in [0, 0.1) is 0 Å². The summed E-state index contributed by atoms with van der Waals surface area (Å²) >= 11 is 0. The highest BCUT2D eigenvalue weighted by atomic mass is 31.3. The molecule has 0 bridgehead atoms. The van der Waals surface area contributed by atoms with E-state index in [2.05, 4.69) is 23.8 Å². The predicted octanol–water partition coefficient (Wildman–Crippen LogP) is -1.88. The third-order valence-corrected chi connectivity index (χ3v) is 6.10. The van der Waals surface area contributed by atoms with Crippen LogP contribution in [0.15, 0.2) is 11.1 Å². The van der Waals surface area contributed by atoms with Gasteiger partial charge in [-0.15, -0.1) is 0 Å². The molecule has 1 fully saturated rings. The van der Waals surface area contributed by atoms with Crippen LogP contribution in [0.1, 0.15) is 13.2 Å². The zero-order valence-corrected chi connectivity index (χ0v) is 17.3. The molecular formula is C12H17N5O12P2. The van der Waals surface area contributed by atoms with Gasteiger partial charge in [0.1, 0.15) is 12.2 Å². The lowest BCUT2D eigenvalue weighted by Crippen LogP contribution is -2.36. The normalized spacial score (nSPS) is 26.1. The molecule has 172 valence electrons. The van der Waals surface area contributed by atoms with Crippen molar-refractivity contribution in [1.29, 1.82) is 0 Å². The number of rotatable bonds is 7. The first kappa shape index (κ1) is 23.5. The van der Waals surface area contributed by atoms with Crippen LogP contribution in [-0.4, -0.2) is 70.2 Å². The van der Waals surface area contributed by atoms with Crippen molar-refractivity contribution in [3.05, 3.63) is 16.7 Å². The summed E-state index contributed by atoms with van der Waals surface area (Å²) in [5.74, 6) is -1.07. The Hall–Kier alpha value is -2.20. The molecule has 0 amide bonds. The van der Waals surface area contributed by atoms with Gasteiger partial charge in [-0.05, 0) is 0 Å². The lowest BCUT2D eigenvalue weighted by atomic mass is 10.1. The van der Waals surface area contributed by atoms with E-state index in [4.69, 9.17) is 25.0 Å². The number of carbonyl (C=O) groups is 1. The van der Waals surface area contributed by atoms with Gasteiger partial charge in [-0.25, -0.2) is 14.1 Å². The number of carbonyl (C=O) groups excluding carboxylic acids is 1. The SMILES string of the molecule is CC(=O)O[C@H]1C(O)[C@@H](COP(=O)(O)OP(=O)(O)O)O[C@H]1n1cnc2c(=O)[nH]c(N)nc21. The summed E-state index contributed by atoms with van der Waals surface area (Å²) in [5, 5.41) is 10.5. The second-order valence-corrected chi connectivity index (χ2v) is 9.07. The van der Waals surface area contributed by atoms with Crippen LogP contribution in [0.5, 0.6) is 0 Å². The summed E-state index contributed by atoms with van der Waals surface area (Å²) < 4.78 is 42.2. The minimum Gasteiger partial charge on any atom is -0.455 e. The van der Waals surface area contributed by atoms with Gasteiger partial charge >= 0.3 is 21.6 Å². The van der Waals surface area contributed by atoms with Crippen LogP contribution >= 0.6 is 15.6 Å². The van der Waals surface area contributed by atoms with E-state index in [-0.39, 0.29) is 17.1 Å². The molecular weight excluding hydrogens is 468 g/mol. The van der Waals surface area contributed by atoms with Crippen molar-refractivity contribution in [2.45, 2.75) is 31.5 Å². The van der Waals surface area contributed by atoms with Gasteiger partial charge in [-0.1, -0.05) is 0 Å². The van der Waals surface area contributed by atoms with Crippen molar-refractivity contribution in [1.82, 2.24) is 19.5 Å². The number of aliphatic hydroxyl groups is 1. The number of hydrogen-bond donors (Lipinski definition) is 6. The molecule has 5 atom stereocenters. The molecule has 3 rings (SSSR count). The number of H-pyrrole nitrogens is 1. The number of aliphatic hydroxyl groups excluding tert-OH is 1. The quantitative estimate of drug-likeness (QED) is 0.185. The molecule has 31 heavy (non-hydrogen) atoms. The maximum absolute atomic E-state index is 12.0. The van der Waals surface area contributed by atoms with E-state index in [0.29, 0.717) is 0 Å². The third kappa shape index (κ3) is 5.35. The molecule has 3 heterocycles. The molecule has 1 saturated heterocycles. The lowest BCUT2D eigenvalue weighted by molar-refractivity contribution is -0.155. The van der Waals surface area contributed by atoms with Crippen LogP contribution < -0.4 is 11.3 Å². The molecule has 2 unspecified atom stereocenters. The van der Waals surface area contributed by atoms with Crippen LogP contribution in [-0.2, 0) is 32.2 Å². The minimum absolute atomic E-state index is 0.0742. The van der Waals surface area contributed by atoms with Crippen molar-refractivity contribution in [3.63, 3.8) is 0 Å². The van der Waals surface area contributed by atoms with Crippen molar-refractivity contribution in [2.24, 2.45) is 0 Å². The Morgan fingerprint density at radius 3 is 2.68 bits per heavy atom. The maximum atomic E-state index is 12.0. The number of hydrogen-bond acceptors (Lipinski definition) is 12. The van der Waals surface area contributed by atoms with E-state index >= 15 is 0 Å². The van der Waals surface area contributed by atoms with Gasteiger partial charge in [0.25, 0.3) is 5.56 Å². The van der Waals surface area contributed by atoms with Crippen LogP contribution in [0.2, 0.25) is 0 Å². The summed E-state index contributed by atoms with van der Waals surface area (Å²) in [6.07, 6.45) is -4.71. The first-order chi connectivity index (χ1) is 14.3. The van der Waals surface area contributed by atoms with Crippen LogP contribution in [0.3, 0.4) is 0 Å². The van der Waals surface area contributed by atoms with E-state index in [1.54, 1.807) is 0 Å². The zero-order chi connectivity index (χ0) is 23.1. The Labute approximate surface area is 171 Å². The number of fused-ring (bicyclic) bond motifs is 1. The minimum atomic E-state index is -5.36. The number of imidazole rings is 1. The topological polar surface area (TPSA) is 259 Å². The molecule has 0 saturated carbocycles. The maximum Gasteiger partial charge on any atom is 0.481 e. The fourth-order valence-electron chi connectivity index (χ4n) is 2.85. The number of nitrogens with zero attached hydrogens (tertiary/aromatic N) is 3. The van der Waals surface area contributed by atoms with Gasteiger partial charge in [-0.3, -0.25) is 23.7 Å². The molecule has 7 N–H and O–H groups in total. The summed E-state index contributed by atoms with van der Waals surface area (Å²) in [5.41, 5.74) is 4.65. The molecule has 1 aliphatic heterocycles. The number of esters is 1. The third-order valence-electron chi connectivity index (χ3n) is 3.95. The Morgan fingerprint density at radius 2 is 2.06 bits per heavy atom. The van der Waals surface area contributed by atoms with Crippen LogP contribution in [0.25, 0.3) is 11.2 Å². The number of nitrogens with one attached hydrogen (secondary N) is 1. The Bertz CT molecular complexity index is 1140. The van der Waals surface area contributed by atoms with Gasteiger partial charge in [-0.2, -0.15) is 9.29 Å². The summed E-state index contributed by atoms with van der Waals surface area (Å²) in [4.78, 5) is 60.1. The molecule has 19 heteroatoms. The average molecular weight is 485 g/mol. The van der Waals surface area contributed by atoms with E-state index < -0.39 is 58.3 Å².